The van der Waals surface area contributed by atoms with Gasteiger partial charge >= 0.3 is 0 Å². The van der Waals surface area contributed by atoms with E-state index in [9.17, 15) is 19.8 Å². The fraction of sp³-hybridized carbons (Fsp3) is 0.300. The number of hydrogen-bond donors (Lipinski definition) is 4. The summed E-state index contributed by atoms with van der Waals surface area (Å²) in [5.41, 5.74) is 1.48. The number of phenols is 2. The molecule has 1 heterocycles. The minimum Gasteiger partial charge on any atom is -0.504 e. The normalized spacial score (nSPS) is 17.6. The maximum Gasteiger partial charge on any atom is 0.219 e. The lowest BCUT2D eigenvalue weighted by Gasteiger charge is -2.34. The number of aromatic hydroxyl groups is 2. The van der Waals surface area contributed by atoms with E-state index in [0.29, 0.717) is 30.0 Å². The van der Waals surface area contributed by atoms with Gasteiger partial charge in [-0.2, -0.15) is 0 Å². The number of ether oxygens (including phenoxy) is 2. The molecule has 0 saturated heterocycles. The van der Waals surface area contributed by atoms with Crippen LogP contribution in [0, 0.1) is 0 Å². The average Bonchev–Trinajstić information content (AvgIpc) is 2.63. The second kappa shape index (κ2) is 8.08. The van der Waals surface area contributed by atoms with Crippen LogP contribution >= 0.6 is 0 Å². The Morgan fingerprint density at radius 1 is 0.964 bits per heavy atom. The standard InChI is InChI=1S/C20H22N2O6/c1-11(23)21-8-7-13-3-6-17-18(9-13)27-19(20(28-17)22-12(2)24)14-4-5-15(25)16(26)10-14/h3-6,9-10,19-20,25-26H,7-8H2,1-2H3,(H,21,23)(H,22,24). The van der Waals surface area contributed by atoms with Crippen molar-refractivity contribution >= 4 is 11.8 Å². The van der Waals surface area contributed by atoms with Gasteiger partial charge in [-0.1, -0.05) is 12.1 Å². The third-order valence-corrected chi connectivity index (χ3v) is 4.25. The highest BCUT2D eigenvalue weighted by atomic mass is 16.6. The summed E-state index contributed by atoms with van der Waals surface area (Å²) in [6.45, 7) is 3.33. The van der Waals surface area contributed by atoms with Gasteiger partial charge in [0, 0.05) is 26.0 Å². The fourth-order valence-corrected chi connectivity index (χ4v) is 2.94. The molecule has 148 valence electrons. The molecular formula is C20H22N2O6. The van der Waals surface area contributed by atoms with E-state index >= 15 is 0 Å². The Hall–Kier alpha value is -3.42. The van der Waals surface area contributed by atoms with Crippen molar-refractivity contribution in [2.45, 2.75) is 32.6 Å². The number of amides is 2. The van der Waals surface area contributed by atoms with E-state index in [1.54, 1.807) is 12.1 Å². The first-order valence-electron chi connectivity index (χ1n) is 8.83. The zero-order valence-electron chi connectivity index (χ0n) is 15.6. The minimum absolute atomic E-state index is 0.0945. The fourth-order valence-electron chi connectivity index (χ4n) is 2.94. The van der Waals surface area contributed by atoms with Crippen molar-refractivity contribution in [3.05, 3.63) is 47.5 Å². The summed E-state index contributed by atoms with van der Waals surface area (Å²) in [5, 5.41) is 24.8. The van der Waals surface area contributed by atoms with Crippen LogP contribution in [0.2, 0.25) is 0 Å². The van der Waals surface area contributed by atoms with Gasteiger partial charge in [0.2, 0.25) is 18.0 Å². The summed E-state index contributed by atoms with van der Waals surface area (Å²) in [5.74, 6) is 0.0235. The smallest absolute Gasteiger partial charge is 0.219 e. The summed E-state index contributed by atoms with van der Waals surface area (Å²) < 4.78 is 12.0. The Morgan fingerprint density at radius 3 is 2.43 bits per heavy atom. The Bertz CT molecular complexity index is 898. The van der Waals surface area contributed by atoms with Crippen molar-refractivity contribution in [3.63, 3.8) is 0 Å². The number of benzene rings is 2. The molecule has 0 saturated carbocycles. The van der Waals surface area contributed by atoms with Gasteiger partial charge in [-0.3, -0.25) is 9.59 Å². The zero-order valence-corrected chi connectivity index (χ0v) is 15.6. The molecule has 0 aliphatic carbocycles. The zero-order chi connectivity index (χ0) is 20.3. The first kappa shape index (κ1) is 19.3. The largest absolute Gasteiger partial charge is 0.504 e. The molecule has 0 bridgehead atoms. The minimum atomic E-state index is -0.806. The maximum atomic E-state index is 11.6. The second-order valence-electron chi connectivity index (χ2n) is 6.54. The summed E-state index contributed by atoms with van der Waals surface area (Å²) >= 11 is 0. The average molecular weight is 386 g/mol. The van der Waals surface area contributed by atoms with E-state index in [2.05, 4.69) is 10.6 Å². The van der Waals surface area contributed by atoms with Gasteiger partial charge in [0.15, 0.2) is 29.1 Å². The van der Waals surface area contributed by atoms with Crippen molar-refractivity contribution in [1.82, 2.24) is 10.6 Å². The quantitative estimate of drug-likeness (QED) is 0.582. The van der Waals surface area contributed by atoms with E-state index in [-0.39, 0.29) is 23.3 Å². The number of phenolic OH excluding ortho intramolecular Hbond substituents is 2. The number of rotatable bonds is 5. The van der Waals surface area contributed by atoms with Crippen molar-refractivity contribution in [2.75, 3.05) is 6.54 Å². The summed E-state index contributed by atoms with van der Waals surface area (Å²) in [6.07, 6.45) is -0.914. The Kier molecular flexibility index (Phi) is 5.58. The third-order valence-electron chi connectivity index (χ3n) is 4.25. The SMILES string of the molecule is CC(=O)NCCc1ccc2c(c1)OC(c1ccc(O)c(O)c1)C(NC(C)=O)O2. The molecule has 1 aliphatic heterocycles. The molecule has 0 fully saturated rings. The molecule has 2 atom stereocenters. The summed E-state index contributed by atoms with van der Waals surface area (Å²) in [4.78, 5) is 22.6. The van der Waals surface area contributed by atoms with Crippen LogP contribution in [0.3, 0.4) is 0 Å². The van der Waals surface area contributed by atoms with Crippen LogP contribution in [-0.4, -0.2) is 34.8 Å². The molecule has 3 rings (SSSR count). The predicted octanol–water partition coefficient (Wildman–Crippen LogP) is 1.75. The lowest BCUT2D eigenvalue weighted by atomic mass is 10.0. The Morgan fingerprint density at radius 2 is 1.75 bits per heavy atom. The molecule has 8 heteroatoms. The molecule has 0 spiro atoms. The van der Waals surface area contributed by atoms with Crippen LogP contribution < -0.4 is 20.1 Å². The van der Waals surface area contributed by atoms with E-state index in [4.69, 9.17) is 9.47 Å². The van der Waals surface area contributed by atoms with E-state index < -0.39 is 12.3 Å². The monoisotopic (exact) mass is 386 g/mol. The van der Waals surface area contributed by atoms with Gasteiger partial charge < -0.3 is 30.3 Å². The van der Waals surface area contributed by atoms with Crippen molar-refractivity contribution < 1.29 is 29.3 Å². The van der Waals surface area contributed by atoms with Crippen LogP contribution in [-0.2, 0) is 16.0 Å². The molecular weight excluding hydrogens is 364 g/mol. The van der Waals surface area contributed by atoms with Crippen LogP contribution in [0.15, 0.2) is 36.4 Å². The first-order chi connectivity index (χ1) is 13.3. The molecule has 0 radical (unpaired) electrons. The Balaban J connectivity index is 1.87. The van der Waals surface area contributed by atoms with Gasteiger partial charge in [0.1, 0.15) is 0 Å². The number of nitrogens with one attached hydrogen (secondary N) is 2. The van der Waals surface area contributed by atoms with Gasteiger partial charge in [0.25, 0.3) is 0 Å². The maximum absolute atomic E-state index is 11.6. The topological polar surface area (TPSA) is 117 Å². The lowest BCUT2D eigenvalue weighted by molar-refractivity contribution is -0.124. The van der Waals surface area contributed by atoms with Crippen molar-refractivity contribution in [3.8, 4) is 23.0 Å². The second-order valence-corrected chi connectivity index (χ2v) is 6.54. The lowest BCUT2D eigenvalue weighted by Crippen LogP contribution is -2.46. The molecule has 2 aromatic rings. The van der Waals surface area contributed by atoms with E-state index in [1.165, 1.54) is 26.0 Å². The highest BCUT2D eigenvalue weighted by molar-refractivity contribution is 5.73. The number of carbonyl (C=O) groups excluding carboxylic acids is 2. The summed E-state index contributed by atoms with van der Waals surface area (Å²) in [7, 11) is 0. The van der Waals surface area contributed by atoms with Crippen molar-refractivity contribution in [1.29, 1.82) is 0 Å². The summed E-state index contributed by atoms with van der Waals surface area (Å²) in [6, 6.07) is 9.72. The van der Waals surface area contributed by atoms with Crippen LogP contribution in [0.25, 0.3) is 0 Å². The molecule has 2 aromatic carbocycles. The molecule has 4 N–H and O–H groups in total. The van der Waals surface area contributed by atoms with Crippen LogP contribution in [0.1, 0.15) is 31.1 Å². The van der Waals surface area contributed by atoms with E-state index in [0.717, 1.165) is 5.56 Å². The molecule has 2 amide bonds. The molecule has 0 aromatic heterocycles. The highest BCUT2D eigenvalue weighted by Gasteiger charge is 2.34. The van der Waals surface area contributed by atoms with Gasteiger partial charge in [-0.05, 0) is 36.2 Å². The number of carbonyl (C=O) groups is 2. The van der Waals surface area contributed by atoms with E-state index in [1.807, 2.05) is 12.1 Å². The van der Waals surface area contributed by atoms with Crippen LogP contribution in [0.5, 0.6) is 23.0 Å². The van der Waals surface area contributed by atoms with Gasteiger partial charge in [-0.15, -0.1) is 0 Å². The molecule has 8 nitrogen and oxygen atoms in total. The Labute approximate surface area is 162 Å². The van der Waals surface area contributed by atoms with Crippen molar-refractivity contribution in [2.24, 2.45) is 0 Å². The number of fused-ring (bicyclic) bond motifs is 1. The number of hydrogen-bond acceptors (Lipinski definition) is 6. The predicted molar refractivity (Wildman–Crippen MR) is 100 cm³/mol. The molecule has 1 aliphatic rings. The van der Waals surface area contributed by atoms with Crippen LogP contribution in [0.4, 0.5) is 0 Å². The van der Waals surface area contributed by atoms with Gasteiger partial charge in [0.05, 0.1) is 0 Å². The molecule has 2 unspecified atom stereocenters. The third kappa shape index (κ3) is 4.46. The molecule has 28 heavy (non-hydrogen) atoms. The van der Waals surface area contributed by atoms with Gasteiger partial charge in [-0.25, -0.2) is 0 Å². The highest BCUT2D eigenvalue weighted by Crippen LogP contribution is 2.40. The first-order valence-corrected chi connectivity index (χ1v) is 8.83.